The molecular weight excluding hydrogens is 922 g/mol. The monoisotopic (exact) mass is 960 g/mol. The highest BCUT2D eigenvalue weighted by atomic mass is 32.1. The highest BCUT2D eigenvalue weighted by molar-refractivity contribution is 7.20. The number of phenols is 2. The van der Waals surface area contributed by atoms with Crippen molar-refractivity contribution in [3.05, 3.63) is 251 Å². The van der Waals surface area contributed by atoms with Gasteiger partial charge < -0.3 is 19.2 Å². The van der Waals surface area contributed by atoms with Gasteiger partial charge in [0.05, 0.1) is 32.4 Å². The van der Waals surface area contributed by atoms with Crippen LogP contribution in [0.3, 0.4) is 0 Å². The number of phenolic OH excluding ortho intramolecular Hbond substituents is 2. The molecule has 0 fully saturated rings. The van der Waals surface area contributed by atoms with Crippen LogP contribution in [0, 0.1) is 17.9 Å². The molecule has 0 unspecified atom stereocenters. The summed E-state index contributed by atoms with van der Waals surface area (Å²) >= 11 is 2.92. The van der Waals surface area contributed by atoms with Crippen LogP contribution < -0.4 is 32.5 Å². The van der Waals surface area contributed by atoms with Gasteiger partial charge in [0, 0.05) is 27.5 Å². The maximum Gasteiger partial charge on any atom is 0.328 e. The van der Waals surface area contributed by atoms with Gasteiger partial charge in [0.25, 0.3) is 0 Å². The number of para-hydroxylation sites is 2. The standard InChI is InChI=1S/C60H38B2N6O2S2/c1-64-54(60-66-49-27-15-17-29-51(49)72-60)58-53-52(55(39-30-34-45(69)35-31-39)68(58)62(43-22-10-4-11-23-43)44-24-12-5-13-25-44)57(47(38-63)59-65-48-26-14-16-28-50(48)71-59)67(56(53)40-32-36-46(70)37-33-40)61(41-18-6-2-7-19-41)42-20-8-3-9-21-42/h2-37,69-70H/b57-47-,58-54+. The Labute approximate surface area is 423 Å². The Kier molecular flexibility index (Phi) is 11.4. The van der Waals surface area contributed by atoms with Crippen LogP contribution in [0.15, 0.2) is 218 Å². The van der Waals surface area contributed by atoms with E-state index < -0.39 is 13.7 Å². The van der Waals surface area contributed by atoms with E-state index in [2.05, 4.69) is 68.4 Å². The lowest BCUT2D eigenvalue weighted by Crippen LogP contribution is -2.54. The third-order valence-electron chi connectivity index (χ3n) is 13.1. The van der Waals surface area contributed by atoms with Gasteiger partial charge in [0.1, 0.15) is 33.2 Å². The minimum atomic E-state index is -0.553. The fraction of sp³-hybridized carbons (Fsp3) is 0. The predicted molar refractivity (Wildman–Crippen MR) is 296 cm³/mol. The van der Waals surface area contributed by atoms with Gasteiger partial charge in [-0.15, -0.1) is 22.7 Å². The summed E-state index contributed by atoms with van der Waals surface area (Å²) in [6, 6.07) is 74.1. The molecule has 0 aliphatic carbocycles. The zero-order valence-corrected chi connectivity index (χ0v) is 40.0. The zero-order chi connectivity index (χ0) is 48.7. The SMILES string of the molecule is [C-]#[N+]/C(c1nc2ccccc2s1)=c1\c2c(-c3ccc(O)cc3)n(B(c3ccccc3)c3ccccc3)/c(=C(/C#N)c3nc4ccccc4s3)c2c(-c2ccc(O)cc2)n1B(c1ccccc1)c1ccccc1. The van der Waals surface area contributed by atoms with E-state index in [1.165, 1.54) is 22.7 Å². The summed E-state index contributed by atoms with van der Waals surface area (Å²) in [5, 5.41) is 37.7. The molecule has 0 aliphatic heterocycles. The summed E-state index contributed by atoms with van der Waals surface area (Å²) in [6.07, 6.45) is 0. The fourth-order valence-corrected chi connectivity index (χ4v) is 12.0. The largest absolute Gasteiger partial charge is 0.508 e. The van der Waals surface area contributed by atoms with Gasteiger partial charge in [-0.1, -0.05) is 167 Å². The first-order valence-electron chi connectivity index (χ1n) is 23.3. The van der Waals surface area contributed by atoms with E-state index in [4.69, 9.17) is 9.97 Å². The number of aromatic hydroxyl groups is 2. The number of hydrogen-bond acceptors (Lipinski definition) is 7. The smallest absolute Gasteiger partial charge is 0.328 e. The molecule has 4 aromatic heterocycles. The Hall–Kier alpha value is -9.19. The molecule has 2 N–H and O–H groups in total. The minimum absolute atomic E-state index is 0.0911. The molecular formula is C60H38B2N6O2S2. The summed E-state index contributed by atoms with van der Waals surface area (Å²) in [6.45, 7) is 8.31. The second-order valence-corrected chi connectivity index (χ2v) is 19.4. The van der Waals surface area contributed by atoms with Gasteiger partial charge in [0.2, 0.25) is 5.70 Å². The van der Waals surface area contributed by atoms with Crippen LogP contribution in [-0.2, 0) is 0 Å². The van der Waals surface area contributed by atoms with E-state index in [0.29, 0.717) is 54.1 Å². The second-order valence-electron chi connectivity index (χ2n) is 17.3. The van der Waals surface area contributed by atoms with Crippen LogP contribution in [0.4, 0.5) is 0 Å². The van der Waals surface area contributed by atoms with E-state index in [0.717, 1.165) is 53.4 Å². The first-order chi connectivity index (χ1) is 35.5. The van der Waals surface area contributed by atoms with Crippen LogP contribution in [0.25, 0.3) is 69.8 Å². The third-order valence-corrected chi connectivity index (χ3v) is 15.2. The summed E-state index contributed by atoms with van der Waals surface area (Å²) in [5.74, 6) is 0.182. The lowest BCUT2D eigenvalue weighted by Gasteiger charge is -2.24. The number of hydrogen-bond donors (Lipinski definition) is 2. The third kappa shape index (κ3) is 7.63. The number of aromatic nitrogens is 4. The molecule has 12 rings (SSSR count). The number of benzene rings is 8. The van der Waals surface area contributed by atoms with Gasteiger partial charge in [0.15, 0.2) is 0 Å². The summed E-state index contributed by atoms with van der Waals surface area (Å²) < 4.78 is 6.40. The number of fused-ring (bicyclic) bond motifs is 3. The average molecular weight is 961 g/mol. The number of nitriles is 1. The van der Waals surface area contributed by atoms with E-state index in [9.17, 15) is 22.0 Å². The molecule has 0 spiro atoms. The van der Waals surface area contributed by atoms with Crippen molar-refractivity contribution in [2.75, 3.05) is 0 Å². The van der Waals surface area contributed by atoms with Gasteiger partial charge in [-0.25, -0.2) is 14.8 Å². The molecule has 0 saturated carbocycles. The molecule has 0 saturated heterocycles. The van der Waals surface area contributed by atoms with Crippen LogP contribution in [-0.4, -0.2) is 42.8 Å². The van der Waals surface area contributed by atoms with E-state index in [1.54, 1.807) is 24.3 Å². The normalized spacial score (nSPS) is 12.1. The van der Waals surface area contributed by atoms with Crippen molar-refractivity contribution in [3.8, 4) is 40.1 Å². The molecule has 0 atom stereocenters. The van der Waals surface area contributed by atoms with Crippen LogP contribution in [0.5, 0.6) is 11.5 Å². The number of rotatable bonds is 10. The number of nitrogens with zero attached hydrogens (tertiary/aromatic N) is 6. The summed E-state index contributed by atoms with van der Waals surface area (Å²) in [4.78, 5) is 15.0. The number of thiazole rings is 2. The molecule has 4 heterocycles. The van der Waals surface area contributed by atoms with Crippen LogP contribution >= 0.6 is 22.7 Å². The highest BCUT2D eigenvalue weighted by Gasteiger charge is 2.37. The van der Waals surface area contributed by atoms with Crippen molar-refractivity contribution in [1.29, 1.82) is 5.26 Å². The molecule has 72 heavy (non-hydrogen) atoms. The Morgan fingerprint density at radius 3 is 1.24 bits per heavy atom. The van der Waals surface area contributed by atoms with Crippen molar-refractivity contribution in [3.63, 3.8) is 0 Å². The molecule has 0 radical (unpaired) electrons. The van der Waals surface area contributed by atoms with Gasteiger partial charge in [-0.2, -0.15) is 5.26 Å². The fourth-order valence-electron chi connectivity index (χ4n) is 10.1. The molecule has 12 aromatic rings. The maximum atomic E-state index is 12.1. The quantitative estimate of drug-likeness (QED) is 0.105. The van der Waals surface area contributed by atoms with Gasteiger partial charge >= 0.3 is 13.7 Å². The average Bonchev–Trinajstić information content (AvgIpc) is 4.21. The Morgan fingerprint density at radius 1 is 0.472 bits per heavy atom. The van der Waals surface area contributed by atoms with Gasteiger partial charge in [-0.3, -0.25) is 0 Å². The van der Waals surface area contributed by atoms with E-state index >= 15 is 0 Å². The molecule has 0 bridgehead atoms. The lowest BCUT2D eigenvalue weighted by molar-refractivity contribution is 0.475. The first-order valence-corrected chi connectivity index (χ1v) is 25.0. The zero-order valence-electron chi connectivity index (χ0n) is 38.3. The van der Waals surface area contributed by atoms with Crippen LogP contribution in [0.1, 0.15) is 10.0 Å². The molecule has 12 heteroatoms. The molecule has 0 amide bonds. The predicted octanol–water partition coefficient (Wildman–Crippen LogP) is 9.51. The van der Waals surface area contributed by atoms with E-state index in [1.807, 2.05) is 146 Å². The van der Waals surface area contributed by atoms with E-state index in [-0.39, 0.29) is 11.5 Å². The molecule has 0 aliphatic rings. The minimum Gasteiger partial charge on any atom is -0.508 e. The maximum absolute atomic E-state index is 12.1. The van der Waals surface area contributed by atoms with Crippen molar-refractivity contribution < 1.29 is 10.2 Å². The van der Waals surface area contributed by atoms with Crippen molar-refractivity contribution >= 4 is 101 Å². The topological polar surface area (TPSA) is 104 Å². The van der Waals surface area contributed by atoms with Gasteiger partial charge in [-0.05, 0) is 83.9 Å². The molecule has 8 aromatic carbocycles. The van der Waals surface area contributed by atoms with Crippen molar-refractivity contribution in [1.82, 2.24) is 18.9 Å². The van der Waals surface area contributed by atoms with Crippen molar-refractivity contribution in [2.24, 2.45) is 0 Å². The summed E-state index contributed by atoms with van der Waals surface area (Å²) in [7, 11) is 0. The lowest BCUT2D eigenvalue weighted by atomic mass is 9.50. The Morgan fingerprint density at radius 2 is 0.833 bits per heavy atom. The molecule has 8 nitrogen and oxygen atoms in total. The van der Waals surface area contributed by atoms with Crippen molar-refractivity contribution in [2.45, 2.75) is 0 Å². The first kappa shape index (κ1) is 44.0. The molecule has 338 valence electrons. The summed E-state index contributed by atoms with van der Waals surface area (Å²) in [5.41, 5.74) is 8.93. The van der Waals surface area contributed by atoms with Crippen LogP contribution in [0.2, 0.25) is 0 Å². The highest BCUT2D eigenvalue weighted by Crippen LogP contribution is 2.39. The Bertz CT molecular complexity index is 3780. The Balaban J connectivity index is 1.45. The second kappa shape index (κ2) is 18.6.